The van der Waals surface area contributed by atoms with Crippen LogP contribution in [0.25, 0.3) is 0 Å². The summed E-state index contributed by atoms with van der Waals surface area (Å²) in [5.74, 6) is -0.901. The normalized spacial score (nSPS) is 13.9. The first-order valence-corrected chi connectivity index (χ1v) is 8.69. The highest BCUT2D eigenvalue weighted by molar-refractivity contribution is 5.78. The number of aliphatic carboxylic acids is 1. The maximum Gasteiger partial charge on any atom is 0.360 e. The number of isocyanates is 1. The number of benzene rings is 2. The van der Waals surface area contributed by atoms with Gasteiger partial charge in [-0.1, -0.05) is 55.5 Å². The molecule has 0 heterocycles. The van der Waals surface area contributed by atoms with Gasteiger partial charge in [-0.05, 0) is 29.5 Å². The summed E-state index contributed by atoms with van der Waals surface area (Å²) < 4.78 is 11.1. The van der Waals surface area contributed by atoms with Crippen LogP contribution in [0.4, 0.5) is 0 Å². The maximum atomic E-state index is 12.0. The molecule has 0 spiro atoms. The van der Waals surface area contributed by atoms with Crippen LogP contribution in [0.2, 0.25) is 0 Å². The lowest BCUT2D eigenvalue weighted by molar-refractivity contribution is -0.168. The number of carboxylic acid groups (broad SMARTS) is 1. The van der Waals surface area contributed by atoms with E-state index in [9.17, 15) is 14.7 Å². The van der Waals surface area contributed by atoms with Crippen molar-refractivity contribution in [2.45, 2.75) is 38.0 Å². The summed E-state index contributed by atoms with van der Waals surface area (Å²) in [5, 5.41) is 9.82. The van der Waals surface area contributed by atoms with E-state index in [1.54, 1.807) is 7.11 Å². The number of nitrogens with zero attached hydrogens (tertiary/aromatic N) is 1. The fourth-order valence-electron chi connectivity index (χ4n) is 3.00. The topological polar surface area (TPSA) is 85.2 Å². The number of aliphatic imine (C=N–C) groups is 1. The molecule has 0 fully saturated rings. The third-order valence-corrected chi connectivity index (χ3v) is 4.48. The molecule has 0 aromatic heterocycles. The molecule has 27 heavy (non-hydrogen) atoms. The van der Waals surface area contributed by atoms with Gasteiger partial charge in [0.25, 0.3) is 5.72 Å². The molecule has 2 rings (SSSR count). The molecule has 2 aromatic rings. The van der Waals surface area contributed by atoms with Gasteiger partial charge in [-0.15, -0.1) is 0 Å². The van der Waals surface area contributed by atoms with Gasteiger partial charge < -0.3 is 14.6 Å². The highest BCUT2D eigenvalue weighted by atomic mass is 16.5. The van der Waals surface area contributed by atoms with Crippen molar-refractivity contribution in [1.29, 1.82) is 0 Å². The second-order valence-corrected chi connectivity index (χ2v) is 6.12. The molecule has 0 saturated heterocycles. The Balaban J connectivity index is 2.34. The van der Waals surface area contributed by atoms with Crippen molar-refractivity contribution in [3.05, 3.63) is 65.7 Å². The van der Waals surface area contributed by atoms with E-state index in [1.165, 1.54) is 6.08 Å². The third-order valence-electron chi connectivity index (χ3n) is 4.48. The molecule has 6 nitrogen and oxygen atoms in total. The summed E-state index contributed by atoms with van der Waals surface area (Å²) in [7, 11) is 1.56. The fraction of sp³-hybridized carbons (Fsp3) is 0.333. The van der Waals surface area contributed by atoms with E-state index in [1.807, 2.05) is 61.5 Å². The molecule has 2 unspecified atom stereocenters. The lowest BCUT2D eigenvalue weighted by Crippen LogP contribution is -2.41. The molecule has 6 heteroatoms. The number of carbonyl (C=O) groups excluding carboxylic acids is 1. The van der Waals surface area contributed by atoms with Crippen LogP contribution in [0, 0.1) is 0 Å². The summed E-state index contributed by atoms with van der Waals surface area (Å²) in [5.41, 5.74) is -0.383. The molecule has 0 radical (unpaired) electrons. The molecule has 0 amide bonds. The van der Waals surface area contributed by atoms with Crippen molar-refractivity contribution in [3.8, 4) is 5.75 Å². The standard InChI is InChI=1S/C21H23NO5/c1-3-17(18-11-7-8-12-19(18)26-2)13-21(20(24)25,22-15-23)27-14-16-9-5-4-6-10-16/h4-12,17H,3,13-14H2,1-2H3,(H,24,25). The zero-order valence-electron chi connectivity index (χ0n) is 15.4. The Morgan fingerprint density at radius 1 is 1.19 bits per heavy atom. The number of carboxylic acids is 1. The highest BCUT2D eigenvalue weighted by Crippen LogP contribution is 2.37. The molecule has 0 aliphatic rings. The Morgan fingerprint density at radius 2 is 1.85 bits per heavy atom. The van der Waals surface area contributed by atoms with Crippen LogP contribution in [0.3, 0.4) is 0 Å². The van der Waals surface area contributed by atoms with Gasteiger partial charge in [0.1, 0.15) is 5.75 Å². The summed E-state index contributed by atoms with van der Waals surface area (Å²) in [4.78, 5) is 26.6. The number of para-hydroxylation sites is 1. The van der Waals surface area contributed by atoms with E-state index in [4.69, 9.17) is 9.47 Å². The summed E-state index contributed by atoms with van der Waals surface area (Å²) in [6, 6.07) is 16.5. The Labute approximate surface area is 158 Å². The zero-order valence-corrected chi connectivity index (χ0v) is 15.4. The first kappa shape index (κ1) is 20.4. The van der Waals surface area contributed by atoms with Crippen molar-refractivity contribution in [2.75, 3.05) is 7.11 Å². The van der Waals surface area contributed by atoms with E-state index in [0.717, 1.165) is 11.1 Å². The molecular formula is C21H23NO5. The van der Waals surface area contributed by atoms with Gasteiger partial charge in [-0.25, -0.2) is 9.59 Å². The second kappa shape index (κ2) is 9.67. The van der Waals surface area contributed by atoms with Crippen molar-refractivity contribution in [2.24, 2.45) is 4.99 Å². The average Bonchev–Trinajstić information content (AvgIpc) is 2.70. The van der Waals surface area contributed by atoms with Crippen LogP contribution in [0.15, 0.2) is 59.6 Å². The number of rotatable bonds is 10. The van der Waals surface area contributed by atoms with Crippen molar-refractivity contribution in [3.63, 3.8) is 0 Å². The molecule has 2 aromatic carbocycles. The average molecular weight is 369 g/mol. The monoisotopic (exact) mass is 369 g/mol. The van der Waals surface area contributed by atoms with Crippen LogP contribution in [-0.2, 0) is 20.9 Å². The van der Waals surface area contributed by atoms with Gasteiger partial charge in [-0.2, -0.15) is 4.99 Å². The summed E-state index contributed by atoms with van der Waals surface area (Å²) in [6.07, 6.45) is 1.98. The molecule has 2 atom stereocenters. The number of hydrogen-bond donors (Lipinski definition) is 1. The quantitative estimate of drug-likeness (QED) is 0.507. The number of hydrogen-bond acceptors (Lipinski definition) is 5. The van der Waals surface area contributed by atoms with Gasteiger partial charge in [-0.3, -0.25) is 0 Å². The molecule has 0 saturated carbocycles. The first-order valence-electron chi connectivity index (χ1n) is 8.69. The van der Waals surface area contributed by atoms with Gasteiger partial charge in [0, 0.05) is 6.42 Å². The van der Waals surface area contributed by atoms with E-state index in [0.29, 0.717) is 12.2 Å². The van der Waals surface area contributed by atoms with Crippen molar-refractivity contribution < 1.29 is 24.2 Å². The Bertz CT molecular complexity index is 797. The Kier molecular flexibility index (Phi) is 7.29. The zero-order chi connectivity index (χ0) is 19.7. The van der Waals surface area contributed by atoms with Crippen LogP contribution >= 0.6 is 0 Å². The van der Waals surface area contributed by atoms with Gasteiger partial charge in [0.2, 0.25) is 6.08 Å². The van der Waals surface area contributed by atoms with E-state index in [2.05, 4.69) is 4.99 Å². The predicted molar refractivity (Wildman–Crippen MR) is 100 cm³/mol. The van der Waals surface area contributed by atoms with Crippen LogP contribution in [0.5, 0.6) is 5.75 Å². The molecule has 0 aliphatic carbocycles. The fourth-order valence-corrected chi connectivity index (χ4v) is 3.00. The third kappa shape index (κ3) is 5.03. The lowest BCUT2D eigenvalue weighted by atomic mass is 9.87. The van der Waals surface area contributed by atoms with Crippen LogP contribution in [-0.4, -0.2) is 30.0 Å². The van der Waals surface area contributed by atoms with Gasteiger partial charge >= 0.3 is 5.97 Å². The Hall–Kier alpha value is -2.95. The number of methoxy groups -OCH3 is 1. The predicted octanol–water partition coefficient (Wildman–Crippen LogP) is 3.91. The molecular weight excluding hydrogens is 346 g/mol. The molecule has 0 aliphatic heterocycles. The SMILES string of the molecule is CCC(CC(N=C=O)(OCc1ccccc1)C(=O)O)c1ccccc1OC. The maximum absolute atomic E-state index is 12.0. The number of carbonyl (C=O) groups is 1. The van der Waals surface area contributed by atoms with E-state index < -0.39 is 11.7 Å². The summed E-state index contributed by atoms with van der Waals surface area (Å²) in [6.45, 7) is 1.95. The minimum absolute atomic E-state index is 0.0126. The van der Waals surface area contributed by atoms with E-state index >= 15 is 0 Å². The largest absolute Gasteiger partial charge is 0.496 e. The first-order chi connectivity index (χ1) is 13.1. The van der Waals surface area contributed by atoms with Gasteiger partial charge in [0.05, 0.1) is 13.7 Å². The molecule has 1 N–H and O–H groups in total. The van der Waals surface area contributed by atoms with Crippen molar-refractivity contribution in [1.82, 2.24) is 0 Å². The molecule has 0 bridgehead atoms. The number of ether oxygens (including phenoxy) is 2. The highest BCUT2D eigenvalue weighted by Gasteiger charge is 2.43. The summed E-state index contributed by atoms with van der Waals surface area (Å²) >= 11 is 0. The minimum Gasteiger partial charge on any atom is -0.496 e. The smallest absolute Gasteiger partial charge is 0.360 e. The van der Waals surface area contributed by atoms with E-state index in [-0.39, 0.29) is 18.9 Å². The van der Waals surface area contributed by atoms with Crippen LogP contribution < -0.4 is 4.74 Å². The van der Waals surface area contributed by atoms with Crippen molar-refractivity contribution >= 4 is 12.0 Å². The molecule has 142 valence electrons. The van der Waals surface area contributed by atoms with Crippen LogP contribution in [0.1, 0.15) is 36.8 Å². The lowest BCUT2D eigenvalue weighted by Gasteiger charge is -2.29. The Morgan fingerprint density at radius 3 is 2.44 bits per heavy atom. The minimum atomic E-state index is -2.01. The second-order valence-electron chi connectivity index (χ2n) is 6.12. The van der Waals surface area contributed by atoms with Gasteiger partial charge in [0.15, 0.2) is 0 Å².